The number of aromatic nitrogens is 3. The number of aromatic amines is 1. The van der Waals surface area contributed by atoms with Crippen molar-refractivity contribution in [2.24, 2.45) is 5.16 Å². The third-order valence-electron chi connectivity index (χ3n) is 5.27. The molecule has 2 aromatic rings. The van der Waals surface area contributed by atoms with Gasteiger partial charge in [-0.3, -0.25) is 9.59 Å². The summed E-state index contributed by atoms with van der Waals surface area (Å²) < 4.78 is 11.3. The number of hydrogen-bond donors (Lipinski definition) is 3. The predicted molar refractivity (Wildman–Crippen MR) is 112 cm³/mol. The molecule has 3 atom stereocenters. The fourth-order valence-electron chi connectivity index (χ4n) is 3.49. The second-order valence-electron chi connectivity index (χ2n) is 7.78. The molecule has 170 valence electrons. The van der Waals surface area contributed by atoms with Crippen LogP contribution in [0, 0.1) is 13.8 Å². The maximum atomic E-state index is 12.7. The van der Waals surface area contributed by atoms with E-state index in [0.717, 1.165) is 5.56 Å². The van der Waals surface area contributed by atoms with Gasteiger partial charge in [-0.05, 0) is 31.5 Å². The molecule has 0 spiro atoms. The quantitative estimate of drug-likeness (QED) is 0.564. The Morgan fingerprint density at radius 3 is 2.78 bits per heavy atom. The summed E-state index contributed by atoms with van der Waals surface area (Å²) in [6.45, 7) is 4.16. The van der Waals surface area contributed by atoms with Crippen LogP contribution >= 0.6 is 0 Å². The minimum Gasteiger partial charge on any atom is -0.394 e. The predicted octanol–water partition coefficient (Wildman–Crippen LogP) is -0.0190. The van der Waals surface area contributed by atoms with Gasteiger partial charge in [0.2, 0.25) is 0 Å². The van der Waals surface area contributed by atoms with Crippen molar-refractivity contribution >= 4 is 11.6 Å². The molecular weight excluding hydrogens is 418 g/mol. The lowest BCUT2D eigenvalue weighted by atomic mass is 10.0. The molecular formula is C21H25N5O6. The minimum atomic E-state index is -0.365. The van der Waals surface area contributed by atoms with Crippen molar-refractivity contribution in [1.82, 2.24) is 20.3 Å². The van der Waals surface area contributed by atoms with Crippen LogP contribution in [-0.2, 0) is 20.9 Å². The lowest BCUT2D eigenvalue weighted by molar-refractivity contribution is -0.178. The van der Waals surface area contributed by atoms with Crippen molar-refractivity contribution in [3.63, 3.8) is 0 Å². The summed E-state index contributed by atoms with van der Waals surface area (Å²) in [7, 11) is 0. The molecule has 32 heavy (non-hydrogen) atoms. The number of aryl methyl sites for hydroxylation is 2. The third-order valence-corrected chi connectivity index (χ3v) is 5.27. The Labute approximate surface area is 183 Å². The van der Waals surface area contributed by atoms with Crippen LogP contribution in [0.4, 0.5) is 0 Å². The number of ether oxygens (including phenoxy) is 2. The molecule has 11 nitrogen and oxygen atoms in total. The number of nitrogens with zero attached hydrogens (tertiary/aromatic N) is 3. The lowest BCUT2D eigenvalue weighted by Crippen LogP contribution is -2.43. The van der Waals surface area contributed by atoms with Crippen LogP contribution in [0.2, 0.25) is 0 Å². The highest BCUT2D eigenvalue weighted by Gasteiger charge is 2.35. The smallest absolute Gasteiger partial charge is 0.270 e. The molecule has 3 N–H and O–H groups in total. The van der Waals surface area contributed by atoms with Gasteiger partial charge in [-0.15, -0.1) is 0 Å². The number of pyridine rings is 1. The van der Waals surface area contributed by atoms with E-state index in [-0.39, 0.29) is 48.6 Å². The molecule has 2 aromatic heterocycles. The summed E-state index contributed by atoms with van der Waals surface area (Å²) in [4.78, 5) is 40.9. The summed E-state index contributed by atoms with van der Waals surface area (Å²) in [6, 6.07) is 3.30. The summed E-state index contributed by atoms with van der Waals surface area (Å²) in [5.41, 5.74) is 2.50. The number of carbonyl (C=O) groups is 1. The molecule has 0 radical (unpaired) electrons. The van der Waals surface area contributed by atoms with Gasteiger partial charge in [0.05, 0.1) is 25.5 Å². The van der Waals surface area contributed by atoms with Crippen molar-refractivity contribution in [2.45, 2.75) is 45.1 Å². The van der Waals surface area contributed by atoms with E-state index < -0.39 is 0 Å². The fraction of sp³-hybridized carbons (Fsp3) is 0.476. The maximum Gasteiger partial charge on any atom is 0.270 e. The van der Waals surface area contributed by atoms with Crippen LogP contribution in [0.3, 0.4) is 0 Å². The molecule has 0 bridgehead atoms. The Hall–Kier alpha value is -3.15. The van der Waals surface area contributed by atoms with Gasteiger partial charge in [-0.1, -0.05) is 5.16 Å². The summed E-state index contributed by atoms with van der Waals surface area (Å²) in [5.74, 6) is 0.0671. The monoisotopic (exact) mass is 443 g/mol. The SMILES string of the molecule is Cc1nc(C(=O)NCc2c[nH]c(=O)c(C)c2)cc(C2=NO[C@H]([C@H]3CO[C@H](CO)CO3)C2)n1. The summed E-state index contributed by atoms with van der Waals surface area (Å²) in [5, 5.41) is 16.1. The Morgan fingerprint density at radius 2 is 2.06 bits per heavy atom. The van der Waals surface area contributed by atoms with E-state index in [1.807, 2.05) is 0 Å². The number of hydrogen-bond acceptors (Lipinski definition) is 9. The first-order chi connectivity index (χ1) is 15.4. The van der Waals surface area contributed by atoms with Gasteiger partial charge in [-0.25, -0.2) is 9.97 Å². The Morgan fingerprint density at radius 1 is 1.22 bits per heavy atom. The van der Waals surface area contributed by atoms with Crippen LogP contribution in [0.15, 0.2) is 28.3 Å². The first kappa shape index (κ1) is 22.1. The number of amides is 1. The van der Waals surface area contributed by atoms with Crippen molar-refractivity contribution in [3.05, 3.63) is 57.0 Å². The highest BCUT2D eigenvalue weighted by Crippen LogP contribution is 2.23. The van der Waals surface area contributed by atoms with E-state index in [1.165, 1.54) is 0 Å². The van der Waals surface area contributed by atoms with Gasteiger partial charge in [0.1, 0.15) is 29.4 Å². The van der Waals surface area contributed by atoms with Gasteiger partial charge in [-0.2, -0.15) is 0 Å². The van der Waals surface area contributed by atoms with Gasteiger partial charge in [0.15, 0.2) is 6.10 Å². The zero-order chi connectivity index (χ0) is 22.7. The molecule has 4 heterocycles. The second kappa shape index (κ2) is 9.55. The van der Waals surface area contributed by atoms with E-state index >= 15 is 0 Å². The van der Waals surface area contributed by atoms with Crippen molar-refractivity contribution in [2.75, 3.05) is 19.8 Å². The first-order valence-corrected chi connectivity index (χ1v) is 10.3. The molecule has 1 amide bonds. The van der Waals surface area contributed by atoms with Crippen molar-refractivity contribution < 1.29 is 24.2 Å². The molecule has 0 aromatic carbocycles. The van der Waals surface area contributed by atoms with Gasteiger partial charge >= 0.3 is 0 Å². The van der Waals surface area contributed by atoms with Gasteiger partial charge < -0.3 is 29.7 Å². The topological polar surface area (TPSA) is 148 Å². The van der Waals surface area contributed by atoms with Gasteiger partial charge in [0.25, 0.3) is 11.5 Å². The molecule has 11 heteroatoms. The number of aliphatic hydroxyl groups is 1. The Kier molecular flexibility index (Phi) is 6.58. The average molecular weight is 443 g/mol. The zero-order valence-electron chi connectivity index (χ0n) is 17.8. The Balaban J connectivity index is 1.39. The molecule has 2 aliphatic heterocycles. The number of H-pyrrole nitrogens is 1. The van der Waals surface area contributed by atoms with Crippen LogP contribution in [-0.4, -0.2) is 69.8 Å². The molecule has 1 fully saturated rings. The Bertz CT molecular complexity index is 1080. The fourth-order valence-corrected chi connectivity index (χ4v) is 3.49. The van der Waals surface area contributed by atoms with Crippen LogP contribution in [0.5, 0.6) is 0 Å². The van der Waals surface area contributed by atoms with E-state index in [4.69, 9.17) is 19.4 Å². The van der Waals surface area contributed by atoms with Crippen molar-refractivity contribution in [3.8, 4) is 0 Å². The number of oxime groups is 1. The highest BCUT2D eigenvalue weighted by molar-refractivity contribution is 6.02. The summed E-state index contributed by atoms with van der Waals surface area (Å²) >= 11 is 0. The van der Waals surface area contributed by atoms with Crippen LogP contribution in [0.1, 0.15) is 39.6 Å². The molecule has 1 saturated heterocycles. The molecule has 2 aliphatic rings. The number of nitrogens with one attached hydrogen (secondary N) is 2. The molecule has 0 aliphatic carbocycles. The molecule has 4 rings (SSSR count). The molecule has 0 unspecified atom stereocenters. The van der Waals surface area contributed by atoms with Gasteiger partial charge in [0, 0.05) is 24.7 Å². The zero-order valence-corrected chi connectivity index (χ0v) is 17.8. The minimum absolute atomic E-state index is 0.0904. The number of carbonyl (C=O) groups excluding carboxylic acids is 1. The highest BCUT2D eigenvalue weighted by atomic mass is 16.7. The molecule has 0 saturated carbocycles. The number of rotatable bonds is 6. The average Bonchev–Trinajstić information content (AvgIpc) is 3.30. The van der Waals surface area contributed by atoms with Crippen LogP contribution in [0.25, 0.3) is 0 Å². The normalized spacial score (nSPS) is 22.8. The maximum absolute atomic E-state index is 12.7. The van der Waals surface area contributed by atoms with Crippen LogP contribution < -0.4 is 10.9 Å². The largest absolute Gasteiger partial charge is 0.394 e. The van der Waals surface area contributed by atoms with E-state index in [2.05, 4.69) is 25.4 Å². The summed E-state index contributed by atoms with van der Waals surface area (Å²) in [6.07, 6.45) is 1.06. The van der Waals surface area contributed by atoms with E-state index in [0.29, 0.717) is 42.4 Å². The number of aliphatic hydroxyl groups excluding tert-OH is 1. The standard InChI is InChI=1S/C21H25N5O6/c1-11-3-13(6-22-20(11)28)7-23-21(29)17-4-15(24-12(2)25-17)16-5-18(32-26-16)19-10-30-14(8-27)9-31-19/h3-4,6,14,18-19,27H,5,7-10H2,1-2H3,(H,22,28)(H,23,29)/t14-,18+,19-/m1/s1. The van der Waals surface area contributed by atoms with Crippen molar-refractivity contribution in [1.29, 1.82) is 0 Å². The van der Waals surface area contributed by atoms with E-state index in [1.54, 1.807) is 32.2 Å². The van der Waals surface area contributed by atoms with E-state index in [9.17, 15) is 9.59 Å². The lowest BCUT2D eigenvalue weighted by Gasteiger charge is -2.30. The third kappa shape index (κ3) is 5.01. The second-order valence-corrected chi connectivity index (χ2v) is 7.78. The first-order valence-electron chi connectivity index (χ1n) is 10.3.